The minimum atomic E-state index is -0.408. The van der Waals surface area contributed by atoms with Crippen LogP contribution in [0.3, 0.4) is 0 Å². The number of carbonyl (C=O) groups excluding carboxylic acids is 1. The van der Waals surface area contributed by atoms with Crippen LogP contribution < -0.4 is 11.2 Å². The lowest BCUT2D eigenvalue weighted by molar-refractivity contribution is -0.127. The minimum absolute atomic E-state index is 0.120. The summed E-state index contributed by atoms with van der Waals surface area (Å²) < 4.78 is 2.36. The first kappa shape index (κ1) is 18.8. The number of nitrogens with zero attached hydrogens (tertiary/aromatic N) is 4. The Morgan fingerprint density at radius 2 is 1.70 bits per heavy atom. The highest BCUT2D eigenvalue weighted by Gasteiger charge is 2.19. The molecule has 0 spiro atoms. The maximum atomic E-state index is 12.4. The third-order valence-electron chi connectivity index (χ3n) is 4.81. The molecular weight excluding hydrogens is 344 g/mol. The molecule has 1 aromatic heterocycles. The molecule has 2 aromatic rings. The van der Waals surface area contributed by atoms with Gasteiger partial charge in [0, 0.05) is 59.1 Å². The van der Waals surface area contributed by atoms with Crippen molar-refractivity contribution in [1.82, 2.24) is 18.9 Å². The number of carbonyl (C=O) groups is 1. The van der Waals surface area contributed by atoms with Gasteiger partial charge in [-0.15, -0.1) is 0 Å². The highest BCUT2D eigenvalue weighted by molar-refractivity contribution is 5.91. The smallest absolute Gasteiger partial charge is 0.330 e. The predicted octanol–water partition coefficient (Wildman–Crippen LogP) is 0.442. The van der Waals surface area contributed by atoms with Crippen molar-refractivity contribution in [2.24, 2.45) is 14.1 Å². The molecule has 142 valence electrons. The Morgan fingerprint density at radius 1 is 1.04 bits per heavy atom. The van der Waals surface area contributed by atoms with Gasteiger partial charge in [-0.05, 0) is 11.6 Å². The zero-order valence-electron chi connectivity index (χ0n) is 15.7. The average molecular weight is 368 g/mol. The fourth-order valence-electron chi connectivity index (χ4n) is 3.18. The van der Waals surface area contributed by atoms with E-state index in [0.717, 1.165) is 24.2 Å². The molecule has 0 radical (unpaired) electrons. The van der Waals surface area contributed by atoms with Crippen LogP contribution in [0.25, 0.3) is 6.08 Å². The van der Waals surface area contributed by atoms with Crippen LogP contribution in [-0.2, 0) is 25.4 Å². The van der Waals surface area contributed by atoms with Crippen molar-refractivity contribution >= 4 is 12.0 Å². The van der Waals surface area contributed by atoms with Crippen molar-refractivity contribution in [3.05, 3.63) is 74.6 Å². The second-order valence-electron chi connectivity index (χ2n) is 6.76. The Hall–Kier alpha value is -2.93. The zero-order valence-corrected chi connectivity index (χ0v) is 15.7. The first-order valence-electron chi connectivity index (χ1n) is 8.95. The summed E-state index contributed by atoms with van der Waals surface area (Å²) in [5, 5.41) is 0. The van der Waals surface area contributed by atoms with Gasteiger partial charge in [-0.1, -0.05) is 30.3 Å². The number of hydrogen-bond acceptors (Lipinski definition) is 4. The Balaban J connectivity index is 1.59. The molecule has 1 fully saturated rings. The molecule has 0 unspecified atom stereocenters. The first-order chi connectivity index (χ1) is 13.0. The number of benzene rings is 1. The van der Waals surface area contributed by atoms with E-state index in [9.17, 15) is 14.4 Å². The van der Waals surface area contributed by atoms with E-state index < -0.39 is 11.2 Å². The molecule has 0 N–H and O–H groups in total. The number of hydrogen-bond donors (Lipinski definition) is 0. The lowest BCUT2D eigenvalue weighted by Crippen LogP contribution is -2.47. The standard InChI is InChI=1S/C20H24N4O3/c1-21-15-17(19(26)22(2)20(21)27)8-9-18(25)24-12-10-23(11-13-24)14-16-6-4-3-5-7-16/h3-9,15H,10-14H2,1-2H3. The lowest BCUT2D eigenvalue weighted by Gasteiger charge is -2.34. The zero-order chi connectivity index (χ0) is 19.4. The summed E-state index contributed by atoms with van der Waals surface area (Å²) >= 11 is 0. The van der Waals surface area contributed by atoms with Crippen LogP contribution in [0.2, 0.25) is 0 Å². The molecule has 1 aromatic carbocycles. The van der Waals surface area contributed by atoms with E-state index in [1.54, 1.807) is 11.9 Å². The van der Waals surface area contributed by atoms with Gasteiger partial charge in [0.2, 0.25) is 5.91 Å². The van der Waals surface area contributed by atoms with E-state index in [-0.39, 0.29) is 5.91 Å². The summed E-state index contributed by atoms with van der Waals surface area (Å²) in [4.78, 5) is 40.4. The fourth-order valence-corrected chi connectivity index (χ4v) is 3.18. The van der Waals surface area contributed by atoms with Crippen molar-refractivity contribution in [1.29, 1.82) is 0 Å². The SMILES string of the molecule is Cn1cc(C=CC(=O)N2CCN(Cc3ccccc3)CC2)c(=O)n(C)c1=O. The maximum Gasteiger partial charge on any atom is 0.330 e. The van der Waals surface area contributed by atoms with Crippen molar-refractivity contribution in [2.75, 3.05) is 26.2 Å². The molecule has 1 amide bonds. The first-order valence-corrected chi connectivity index (χ1v) is 8.95. The molecule has 0 aliphatic carbocycles. The summed E-state index contributed by atoms with van der Waals surface area (Å²) in [5.41, 5.74) is 0.784. The van der Waals surface area contributed by atoms with E-state index in [1.807, 2.05) is 18.2 Å². The van der Waals surface area contributed by atoms with Gasteiger partial charge < -0.3 is 9.47 Å². The second kappa shape index (κ2) is 8.18. The van der Waals surface area contributed by atoms with E-state index in [2.05, 4.69) is 17.0 Å². The molecule has 1 aliphatic heterocycles. The quantitative estimate of drug-likeness (QED) is 0.735. The molecule has 0 bridgehead atoms. The van der Waals surface area contributed by atoms with E-state index in [1.165, 1.54) is 35.5 Å². The molecule has 0 saturated carbocycles. The highest BCUT2D eigenvalue weighted by atomic mass is 16.2. The van der Waals surface area contributed by atoms with Crippen LogP contribution in [0.15, 0.2) is 52.2 Å². The van der Waals surface area contributed by atoms with Gasteiger partial charge in [-0.3, -0.25) is 19.1 Å². The van der Waals surface area contributed by atoms with Gasteiger partial charge in [0.25, 0.3) is 5.56 Å². The third kappa shape index (κ3) is 4.43. The second-order valence-corrected chi connectivity index (χ2v) is 6.76. The minimum Gasteiger partial charge on any atom is -0.337 e. The van der Waals surface area contributed by atoms with Gasteiger partial charge in [-0.2, -0.15) is 0 Å². The molecule has 1 aliphatic rings. The van der Waals surface area contributed by atoms with E-state index >= 15 is 0 Å². The maximum absolute atomic E-state index is 12.4. The van der Waals surface area contributed by atoms with Gasteiger partial charge in [-0.25, -0.2) is 4.79 Å². The molecule has 27 heavy (non-hydrogen) atoms. The van der Waals surface area contributed by atoms with Gasteiger partial charge in [0.05, 0.1) is 5.56 Å². The summed E-state index contributed by atoms with van der Waals surface area (Å²) in [5.74, 6) is -0.120. The van der Waals surface area contributed by atoms with Crippen molar-refractivity contribution < 1.29 is 4.79 Å². The Kier molecular flexibility index (Phi) is 5.71. The van der Waals surface area contributed by atoms with Crippen LogP contribution >= 0.6 is 0 Å². The average Bonchev–Trinajstić information content (AvgIpc) is 2.69. The number of piperazine rings is 1. The molecule has 7 heteroatoms. The van der Waals surface area contributed by atoms with E-state index in [0.29, 0.717) is 18.7 Å². The predicted molar refractivity (Wildman–Crippen MR) is 104 cm³/mol. The third-order valence-corrected chi connectivity index (χ3v) is 4.81. The van der Waals surface area contributed by atoms with Crippen LogP contribution in [-0.4, -0.2) is 51.0 Å². The van der Waals surface area contributed by atoms with E-state index in [4.69, 9.17) is 0 Å². The fraction of sp³-hybridized carbons (Fsp3) is 0.350. The highest BCUT2D eigenvalue weighted by Crippen LogP contribution is 2.09. The largest absolute Gasteiger partial charge is 0.337 e. The molecule has 1 saturated heterocycles. The summed E-state index contributed by atoms with van der Waals surface area (Å²) in [6, 6.07) is 10.3. The summed E-state index contributed by atoms with van der Waals surface area (Å²) in [6.45, 7) is 3.82. The van der Waals surface area contributed by atoms with Gasteiger partial charge >= 0.3 is 5.69 Å². The Labute approximate surface area is 157 Å². The van der Waals surface area contributed by atoms with Crippen molar-refractivity contribution in [2.45, 2.75) is 6.54 Å². The molecule has 3 rings (SSSR count). The molecular formula is C20H24N4O3. The molecule has 2 heterocycles. The van der Waals surface area contributed by atoms with Gasteiger partial charge in [0.15, 0.2) is 0 Å². The Bertz CT molecular complexity index is 951. The molecule has 7 nitrogen and oxygen atoms in total. The number of rotatable bonds is 4. The van der Waals surface area contributed by atoms with Crippen LogP contribution in [0, 0.1) is 0 Å². The van der Waals surface area contributed by atoms with Crippen LogP contribution in [0.4, 0.5) is 0 Å². The number of aromatic nitrogens is 2. The normalized spacial score (nSPS) is 15.4. The Morgan fingerprint density at radius 3 is 2.37 bits per heavy atom. The van der Waals surface area contributed by atoms with Crippen LogP contribution in [0.1, 0.15) is 11.1 Å². The van der Waals surface area contributed by atoms with Gasteiger partial charge in [0.1, 0.15) is 0 Å². The van der Waals surface area contributed by atoms with Crippen molar-refractivity contribution in [3.8, 4) is 0 Å². The summed E-state index contributed by atoms with van der Waals surface area (Å²) in [7, 11) is 3.00. The monoisotopic (exact) mass is 368 g/mol. The number of aryl methyl sites for hydroxylation is 1. The van der Waals surface area contributed by atoms with Crippen molar-refractivity contribution in [3.63, 3.8) is 0 Å². The lowest BCUT2D eigenvalue weighted by atomic mass is 10.2. The summed E-state index contributed by atoms with van der Waals surface area (Å²) in [6.07, 6.45) is 4.35. The topological polar surface area (TPSA) is 67.6 Å². The number of amides is 1. The van der Waals surface area contributed by atoms with Crippen LogP contribution in [0.5, 0.6) is 0 Å². The molecule has 0 atom stereocenters.